The molecule has 1 aliphatic heterocycles. The Kier molecular flexibility index (Phi) is 5.26. The monoisotopic (exact) mass is 410 g/mol. The Morgan fingerprint density at radius 2 is 1.90 bits per heavy atom. The summed E-state index contributed by atoms with van der Waals surface area (Å²) in [5, 5.41) is 2.30. The summed E-state index contributed by atoms with van der Waals surface area (Å²) in [7, 11) is 0. The second-order valence-electron chi connectivity index (χ2n) is 8.01. The largest absolute Gasteiger partial charge is 0.359 e. The van der Waals surface area contributed by atoms with Crippen molar-refractivity contribution in [2.75, 3.05) is 31.1 Å². The van der Waals surface area contributed by atoms with Crippen molar-refractivity contribution in [2.45, 2.75) is 39.2 Å². The van der Waals surface area contributed by atoms with Gasteiger partial charge in [0.05, 0.1) is 6.04 Å². The number of allylic oxidation sites excluding steroid dienone is 2. The summed E-state index contributed by atoms with van der Waals surface area (Å²) in [5.41, 5.74) is 5.45. The fraction of sp³-hybridized carbons (Fsp3) is 0.417. The van der Waals surface area contributed by atoms with Crippen LogP contribution >= 0.6 is 12.4 Å². The van der Waals surface area contributed by atoms with E-state index in [9.17, 15) is 9.59 Å². The lowest BCUT2D eigenvalue weighted by Gasteiger charge is -2.32. The van der Waals surface area contributed by atoms with E-state index in [0.29, 0.717) is 12.8 Å². The van der Waals surface area contributed by atoms with Gasteiger partial charge in [-0.25, -0.2) is 0 Å². The van der Waals surface area contributed by atoms with Gasteiger partial charge in [0.15, 0.2) is 11.6 Å². The molecule has 0 bridgehead atoms. The Labute approximate surface area is 177 Å². The first-order valence-electron chi connectivity index (χ1n) is 10.5. The Morgan fingerprint density at radius 1 is 1.10 bits per heavy atom. The average molecular weight is 411 g/mol. The average Bonchev–Trinajstić information content (AvgIpc) is 3.37. The van der Waals surface area contributed by atoms with Crippen LogP contribution in [0.25, 0.3) is 11.6 Å². The number of hydrogen-bond donors (Lipinski definition) is 0. The van der Waals surface area contributed by atoms with E-state index in [1.807, 2.05) is 12.1 Å². The lowest BCUT2D eigenvalue weighted by molar-refractivity contribution is -0.114. The highest BCUT2D eigenvalue weighted by Crippen LogP contribution is 2.41. The van der Waals surface area contributed by atoms with E-state index in [2.05, 4.69) is 41.9 Å². The summed E-state index contributed by atoms with van der Waals surface area (Å²) < 4.78 is 0. The van der Waals surface area contributed by atoms with Gasteiger partial charge >= 0.3 is 0 Å². The van der Waals surface area contributed by atoms with Gasteiger partial charge in [-0.3, -0.25) is 9.59 Å². The van der Waals surface area contributed by atoms with Gasteiger partial charge in [0, 0.05) is 48.0 Å². The fourth-order valence-corrected chi connectivity index (χ4v) is 5.26. The highest BCUT2D eigenvalue weighted by molar-refractivity contribution is 6.08. The van der Waals surface area contributed by atoms with Crippen LogP contribution in [0.5, 0.6) is 0 Å². The maximum Gasteiger partial charge on any atom is 0.167 e. The molecule has 0 aromatic heterocycles. The number of carbonyl (C=O) groups is 2. The van der Waals surface area contributed by atoms with Crippen molar-refractivity contribution in [2.24, 2.45) is 0 Å². The highest BCUT2D eigenvalue weighted by Gasteiger charge is 2.38. The third-order valence-corrected chi connectivity index (χ3v) is 6.78. The van der Waals surface area contributed by atoms with Gasteiger partial charge in [-0.2, -0.15) is 0 Å². The number of likely N-dealkylation sites (N-methyl/N-ethyl adjacent to an activating group) is 1. The predicted octanol–water partition coefficient (Wildman–Crippen LogP) is 2.39. The highest BCUT2D eigenvalue weighted by atomic mass is 35.5. The molecular formula is C24H27ClN2O2. The molecular weight excluding hydrogens is 384 g/mol. The predicted molar refractivity (Wildman–Crippen MR) is 119 cm³/mol. The molecule has 0 N–H and O–H groups in total. The van der Waals surface area contributed by atoms with Gasteiger partial charge in [-0.15, -0.1) is 12.4 Å². The lowest BCUT2D eigenvalue weighted by atomic mass is 9.89. The maximum absolute atomic E-state index is 12.4. The number of ketones is 2. The first-order chi connectivity index (χ1) is 13.6. The molecule has 0 saturated carbocycles. The molecule has 152 valence electrons. The van der Waals surface area contributed by atoms with Crippen LogP contribution in [-0.2, 0) is 4.79 Å². The SMILES string of the molecule is CCN(CC)CCN1c2ccc3c(c2=C2C4=C(C=CC21)C(=O)CC4)=CCC3=O.Cl. The van der Waals surface area contributed by atoms with Gasteiger partial charge in [0.2, 0.25) is 0 Å². The van der Waals surface area contributed by atoms with Gasteiger partial charge < -0.3 is 9.80 Å². The number of fused-ring (bicyclic) bond motifs is 5. The van der Waals surface area contributed by atoms with E-state index < -0.39 is 0 Å². The van der Waals surface area contributed by atoms with Crippen molar-refractivity contribution in [3.8, 4) is 0 Å². The molecule has 4 nitrogen and oxygen atoms in total. The van der Waals surface area contributed by atoms with Crippen LogP contribution in [0.2, 0.25) is 0 Å². The molecule has 0 radical (unpaired) electrons. The summed E-state index contributed by atoms with van der Waals surface area (Å²) in [6.07, 6.45) is 8.25. The number of Topliss-reactive ketones (excluding diaryl/α,β-unsaturated/α-hetero) is 2. The second kappa shape index (κ2) is 7.58. The number of rotatable bonds is 5. The molecule has 3 aliphatic carbocycles. The van der Waals surface area contributed by atoms with Crippen LogP contribution in [0.4, 0.5) is 5.69 Å². The third kappa shape index (κ3) is 2.92. The molecule has 0 fully saturated rings. The van der Waals surface area contributed by atoms with Crippen LogP contribution in [-0.4, -0.2) is 48.7 Å². The number of halogens is 1. The number of anilines is 1. The van der Waals surface area contributed by atoms with Crippen LogP contribution in [0.1, 0.15) is 43.5 Å². The van der Waals surface area contributed by atoms with Crippen molar-refractivity contribution >= 4 is 41.3 Å². The Bertz CT molecular complexity index is 1080. The molecule has 0 saturated heterocycles. The summed E-state index contributed by atoms with van der Waals surface area (Å²) in [4.78, 5) is 29.6. The van der Waals surface area contributed by atoms with Crippen molar-refractivity contribution in [1.82, 2.24) is 4.90 Å². The summed E-state index contributed by atoms with van der Waals surface area (Å²) in [6, 6.07) is 4.30. The van der Waals surface area contributed by atoms with Gasteiger partial charge in [-0.05, 0) is 48.0 Å². The summed E-state index contributed by atoms with van der Waals surface area (Å²) in [6.45, 7) is 8.45. The van der Waals surface area contributed by atoms with Crippen molar-refractivity contribution in [3.63, 3.8) is 0 Å². The molecule has 1 aromatic rings. The van der Waals surface area contributed by atoms with Crippen LogP contribution < -0.4 is 15.3 Å². The zero-order valence-corrected chi connectivity index (χ0v) is 17.8. The standard InChI is InChI=1S/C24H26N2O2.ClH/c1-3-25(4-2)13-14-26-19-9-5-15-17(7-11-21(15)27)23(19)24-18-8-12-22(28)16(18)6-10-20(24)26;/h5-7,9-10,20H,3-4,8,11-14H2,1-2H3;1H. The minimum Gasteiger partial charge on any atom is -0.359 e. The van der Waals surface area contributed by atoms with E-state index in [4.69, 9.17) is 0 Å². The topological polar surface area (TPSA) is 40.6 Å². The Hall–Kier alpha value is -2.17. The minimum absolute atomic E-state index is 0. The van der Waals surface area contributed by atoms with E-state index in [0.717, 1.165) is 49.0 Å². The number of benzene rings is 1. The van der Waals surface area contributed by atoms with E-state index in [1.165, 1.54) is 22.1 Å². The first kappa shape index (κ1) is 20.1. The van der Waals surface area contributed by atoms with Gasteiger partial charge in [-0.1, -0.05) is 32.1 Å². The molecule has 1 aromatic carbocycles. The Morgan fingerprint density at radius 3 is 2.66 bits per heavy atom. The molecule has 1 unspecified atom stereocenters. The summed E-state index contributed by atoms with van der Waals surface area (Å²) in [5.74, 6) is 0.465. The smallest absolute Gasteiger partial charge is 0.167 e. The van der Waals surface area contributed by atoms with Crippen molar-refractivity contribution < 1.29 is 9.59 Å². The molecule has 4 aliphatic rings. The van der Waals surface area contributed by atoms with Crippen molar-refractivity contribution in [1.29, 1.82) is 0 Å². The van der Waals surface area contributed by atoms with Crippen molar-refractivity contribution in [3.05, 3.63) is 51.4 Å². The molecule has 0 spiro atoms. The quantitative estimate of drug-likeness (QED) is 0.747. The van der Waals surface area contributed by atoms with E-state index in [1.54, 1.807) is 0 Å². The minimum atomic E-state index is 0. The second-order valence-corrected chi connectivity index (χ2v) is 8.01. The van der Waals surface area contributed by atoms with Crippen LogP contribution in [0.3, 0.4) is 0 Å². The van der Waals surface area contributed by atoms with Crippen LogP contribution in [0, 0.1) is 0 Å². The first-order valence-corrected chi connectivity index (χ1v) is 10.5. The molecule has 29 heavy (non-hydrogen) atoms. The zero-order chi connectivity index (χ0) is 19.4. The Balaban J connectivity index is 0.00000205. The number of carbonyl (C=O) groups excluding carboxylic acids is 2. The lowest BCUT2D eigenvalue weighted by Crippen LogP contribution is -2.40. The molecule has 1 heterocycles. The normalized spacial score (nSPS) is 21.3. The number of hydrogen-bond acceptors (Lipinski definition) is 4. The third-order valence-electron chi connectivity index (χ3n) is 6.78. The fourth-order valence-electron chi connectivity index (χ4n) is 5.26. The zero-order valence-electron chi connectivity index (χ0n) is 17.0. The van der Waals surface area contributed by atoms with Gasteiger partial charge in [0.1, 0.15) is 0 Å². The van der Waals surface area contributed by atoms with E-state index in [-0.39, 0.29) is 30.0 Å². The molecule has 1 atom stereocenters. The molecule has 5 rings (SSSR count). The van der Waals surface area contributed by atoms with Gasteiger partial charge in [0.25, 0.3) is 0 Å². The van der Waals surface area contributed by atoms with E-state index >= 15 is 0 Å². The number of nitrogens with zero attached hydrogens (tertiary/aromatic N) is 2. The summed E-state index contributed by atoms with van der Waals surface area (Å²) >= 11 is 0. The van der Waals surface area contributed by atoms with Crippen LogP contribution in [0.15, 0.2) is 35.4 Å². The molecule has 5 heteroatoms. The maximum atomic E-state index is 12.4. The molecule has 0 amide bonds.